The van der Waals surface area contributed by atoms with Crippen LogP contribution in [0.25, 0.3) is 0 Å². The topological polar surface area (TPSA) is 64.9 Å². The second-order valence-corrected chi connectivity index (χ2v) is 3.70. The van der Waals surface area contributed by atoms with Gasteiger partial charge in [-0.2, -0.15) is 18.4 Å². The number of amides is 1. The summed E-state index contributed by atoms with van der Waals surface area (Å²) >= 11 is 0. The van der Waals surface area contributed by atoms with E-state index in [0.717, 1.165) is 18.2 Å². The van der Waals surface area contributed by atoms with E-state index < -0.39 is 23.2 Å². The van der Waals surface area contributed by atoms with Gasteiger partial charge in [-0.15, -0.1) is 6.42 Å². The van der Waals surface area contributed by atoms with Crippen LogP contribution in [0.3, 0.4) is 0 Å². The molecule has 0 saturated heterocycles. The minimum atomic E-state index is -4.59. The number of carbonyl (C=O) groups is 1. The smallest absolute Gasteiger partial charge is 0.376 e. The molecule has 0 heterocycles. The average molecular weight is 281 g/mol. The van der Waals surface area contributed by atoms with Gasteiger partial charge in [-0.25, -0.2) is 0 Å². The number of nitriles is 1. The molecule has 0 unspecified atom stereocenters. The normalized spacial score (nSPS) is 10.2. The van der Waals surface area contributed by atoms with Crippen LogP contribution in [0.4, 0.5) is 18.9 Å². The maximum atomic E-state index is 12.6. The minimum Gasteiger partial charge on any atom is -0.376 e. The zero-order valence-electron chi connectivity index (χ0n) is 10.2. The van der Waals surface area contributed by atoms with Crippen molar-refractivity contribution in [3.63, 3.8) is 0 Å². The monoisotopic (exact) mass is 281 g/mol. The fourth-order valence-electron chi connectivity index (χ4n) is 1.39. The lowest BCUT2D eigenvalue weighted by Gasteiger charge is -2.11. The molecule has 0 radical (unpaired) electrons. The molecule has 1 aromatic carbocycles. The number of hydrogen-bond donors (Lipinski definition) is 2. The summed E-state index contributed by atoms with van der Waals surface area (Å²) in [6, 6.07) is 4.46. The van der Waals surface area contributed by atoms with Gasteiger partial charge in [0, 0.05) is 5.69 Å². The van der Waals surface area contributed by atoms with Gasteiger partial charge in [0.15, 0.2) is 0 Å². The first kappa shape index (κ1) is 15.4. The number of alkyl halides is 3. The number of terminal acetylenes is 1. The number of nitrogens with zero attached hydrogens (tertiary/aromatic N) is 1. The lowest BCUT2D eigenvalue weighted by Crippen LogP contribution is -2.30. The van der Waals surface area contributed by atoms with Crippen LogP contribution in [0, 0.1) is 23.7 Å². The molecule has 4 nitrogen and oxygen atoms in total. The molecule has 7 heteroatoms. The highest BCUT2D eigenvalue weighted by atomic mass is 19.4. The van der Waals surface area contributed by atoms with E-state index in [-0.39, 0.29) is 18.8 Å². The highest BCUT2D eigenvalue weighted by Gasteiger charge is 2.33. The van der Waals surface area contributed by atoms with Crippen molar-refractivity contribution >= 4 is 11.6 Å². The van der Waals surface area contributed by atoms with Crippen molar-refractivity contribution in [2.24, 2.45) is 0 Å². The summed E-state index contributed by atoms with van der Waals surface area (Å²) < 4.78 is 37.7. The number of halogens is 3. The van der Waals surface area contributed by atoms with Gasteiger partial charge in [0.1, 0.15) is 0 Å². The summed E-state index contributed by atoms with van der Waals surface area (Å²) in [6.07, 6.45) is 0.362. The van der Waals surface area contributed by atoms with Gasteiger partial charge in [0.2, 0.25) is 5.91 Å². The Kier molecular flexibility index (Phi) is 4.99. The van der Waals surface area contributed by atoms with Gasteiger partial charge in [0.25, 0.3) is 0 Å². The summed E-state index contributed by atoms with van der Waals surface area (Å²) in [5.41, 5.74) is -1.28. The second kappa shape index (κ2) is 6.48. The highest BCUT2D eigenvalue weighted by Crippen LogP contribution is 2.32. The number of hydrogen-bond acceptors (Lipinski definition) is 3. The van der Waals surface area contributed by atoms with Crippen LogP contribution in [0.2, 0.25) is 0 Å². The second-order valence-electron chi connectivity index (χ2n) is 3.70. The summed E-state index contributed by atoms with van der Waals surface area (Å²) in [5, 5.41) is 13.7. The van der Waals surface area contributed by atoms with Crippen molar-refractivity contribution < 1.29 is 18.0 Å². The molecule has 0 atom stereocenters. The summed E-state index contributed by atoms with van der Waals surface area (Å²) in [5.74, 6) is 1.81. The molecule has 0 fully saturated rings. The Morgan fingerprint density at radius 1 is 1.40 bits per heavy atom. The SMILES string of the molecule is C#CCNC(=O)CNc1ccc(C(F)(F)F)c(C#N)c1. The largest absolute Gasteiger partial charge is 0.417 e. The fourth-order valence-corrected chi connectivity index (χ4v) is 1.39. The third kappa shape index (κ3) is 4.21. The number of anilines is 1. The quantitative estimate of drug-likeness (QED) is 0.826. The Labute approximate surface area is 113 Å². The van der Waals surface area contributed by atoms with E-state index in [1.807, 2.05) is 0 Å². The minimum absolute atomic E-state index is 0.0664. The predicted molar refractivity (Wildman–Crippen MR) is 66.5 cm³/mol. The zero-order chi connectivity index (χ0) is 15.2. The molecule has 104 valence electrons. The highest BCUT2D eigenvalue weighted by molar-refractivity contribution is 5.81. The van der Waals surface area contributed by atoms with Gasteiger partial charge >= 0.3 is 6.18 Å². The standard InChI is InChI=1S/C13H10F3N3O/c1-2-5-18-12(20)8-19-10-3-4-11(13(14,15)16)9(6-10)7-17/h1,3-4,6,19H,5,8H2,(H,18,20). The number of carbonyl (C=O) groups excluding carboxylic acids is 1. The van der Waals surface area contributed by atoms with Crippen molar-refractivity contribution in [2.45, 2.75) is 6.18 Å². The first-order chi connectivity index (χ1) is 9.38. The maximum Gasteiger partial charge on any atom is 0.417 e. The van der Waals surface area contributed by atoms with Crippen LogP contribution in [-0.2, 0) is 11.0 Å². The van der Waals surface area contributed by atoms with Crippen LogP contribution in [0.1, 0.15) is 11.1 Å². The summed E-state index contributed by atoms with van der Waals surface area (Å²) in [6.45, 7) is -0.0884. The predicted octanol–water partition coefficient (Wildman–Crippen LogP) is 1.74. The molecule has 1 aromatic rings. The Balaban J connectivity index is 2.78. The molecule has 1 rings (SSSR count). The molecule has 0 aliphatic carbocycles. The van der Waals surface area contributed by atoms with E-state index in [9.17, 15) is 18.0 Å². The molecule has 0 aliphatic heterocycles. The van der Waals surface area contributed by atoms with Gasteiger partial charge in [0.05, 0.1) is 30.3 Å². The van der Waals surface area contributed by atoms with Crippen LogP contribution in [-0.4, -0.2) is 19.0 Å². The Morgan fingerprint density at radius 2 is 2.10 bits per heavy atom. The maximum absolute atomic E-state index is 12.6. The van der Waals surface area contributed by atoms with Crippen molar-refractivity contribution in [1.29, 1.82) is 5.26 Å². The van der Waals surface area contributed by atoms with Gasteiger partial charge in [-0.3, -0.25) is 4.79 Å². The Bertz CT molecular complexity index is 582. The third-order valence-corrected chi connectivity index (χ3v) is 2.29. The van der Waals surface area contributed by atoms with E-state index in [1.54, 1.807) is 0 Å². The van der Waals surface area contributed by atoms with E-state index in [0.29, 0.717) is 0 Å². The molecular formula is C13H10F3N3O. The molecule has 0 aromatic heterocycles. The average Bonchev–Trinajstić information content (AvgIpc) is 2.41. The summed E-state index contributed by atoms with van der Waals surface area (Å²) in [7, 11) is 0. The van der Waals surface area contributed by atoms with Crippen molar-refractivity contribution in [3.8, 4) is 18.4 Å². The van der Waals surface area contributed by atoms with E-state index >= 15 is 0 Å². The molecular weight excluding hydrogens is 271 g/mol. The van der Waals surface area contributed by atoms with E-state index in [4.69, 9.17) is 11.7 Å². The number of nitrogens with one attached hydrogen (secondary N) is 2. The van der Waals surface area contributed by atoms with Gasteiger partial charge < -0.3 is 10.6 Å². The van der Waals surface area contributed by atoms with E-state index in [2.05, 4.69) is 16.6 Å². The zero-order valence-corrected chi connectivity index (χ0v) is 10.2. The molecule has 20 heavy (non-hydrogen) atoms. The van der Waals surface area contributed by atoms with Crippen molar-refractivity contribution in [1.82, 2.24) is 5.32 Å². The van der Waals surface area contributed by atoms with Crippen molar-refractivity contribution in [2.75, 3.05) is 18.4 Å². The fraction of sp³-hybridized carbons (Fsp3) is 0.231. The third-order valence-electron chi connectivity index (χ3n) is 2.29. The molecule has 1 amide bonds. The lowest BCUT2D eigenvalue weighted by molar-refractivity contribution is -0.137. The van der Waals surface area contributed by atoms with Crippen LogP contribution in [0.5, 0.6) is 0 Å². The Hall–Kier alpha value is -2.67. The lowest BCUT2D eigenvalue weighted by atomic mass is 10.1. The molecule has 0 aliphatic rings. The first-order valence-electron chi connectivity index (χ1n) is 5.44. The molecule has 0 spiro atoms. The van der Waals surface area contributed by atoms with E-state index in [1.165, 1.54) is 6.07 Å². The van der Waals surface area contributed by atoms with Crippen LogP contribution in [0.15, 0.2) is 18.2 Å². The van der Waals surface area contributed by atoms with Crippen molar-refractivity contribution in [3.05, 3.63) is 29.3 Å². The van der Waals surface area contributed by atoms with Gasteiger partial charge in [-0.1, -0.05) is 5.92 Å². The van der Waals surface area contributed by atoms with Gasteiger partial charge in [-0.05, 0) is 18.2 Å². The first-order valence-corrected chi connectivity index (χ1v) is 5.44. The number of rotatable bonds is 4. The molecule has 0 bridgehead atoms. The van der Waals surface area contributed by atoms with Crippen LogP contribution < -0.4 is 10.6 Å². The van der Waals surface area contributed by atoms with Crippen LogP contribution >= 0.6 is 0 Å². The Morgan fingerprint density at radius 3 is 2.65 bits per heavy atom. The summed E-state index contributed by atoms with van der Waals surface area (Å²) in [4.78, 5) is 11.2. The number of benzene rings is 1. The molecule has 2 N–H and O–H groups in total. The molecule has 0 saturated carbocycles.